The summed E-state index contributed by atoms with van der Waals surface area (Å²) in [6.45, 7) is 0. The maximum Gasteiger partial charge on any atom is 0.121 e. The summed E-state index contributed by atoms with van der Waals surface area (Å²) in [6.07, 6.45) is 1.59. The summed E-state index contributed by atoms with van der Waals surface area (Å²) in [5, 5.41) is 3.56. The second-order valence-electron chi connectivity index (χ2n) is 0.569. The smallest absolute Gasteiger partial charge is 0.121 e. The third-order valence-electron chi connectivity index (χ3n) is 0.275. The molecule has 2 radical (unpaired) electrons. The van der Waals surface area contributed by atoms with Crippen LogP contribution >= 0.6 is 11.9 Å². The molecule has 0 aromatic carbocycles. The molecule has 0 aromatic heterocycles. The van der Waals surface area contributed by atoms with Crippen molar-refractivity contribution in [1.82, 2.24) is 4.83 Å². The lowest BCUT2D eigenvalue weighted by atomic mass is 10.9. The SMILES string of the molecule is [C]1C=NNS1. The molecule has 1 heterocycles. The van der Waals surface area contributed by atoms with E-state index in [1.807, 2.05) is 0 Å². The molecule has 1 aliphatic rings. The topological polar surface area (TPSA) is 24.4 Å². The first-order valence-corrected chi connectivity index (χ1v) is 2.00. The van der Waals surface area contributed by atoms with Gasteiger partial charge in [-0.15, -0.1) is 0 Å². The maximum absolute atomic E-state index is 3.56. The standard InChI is InChI=1S/C2H2N2S/c1-2-5-4-3-1/h1,4H. The Labute approximate surface area is 34.8 Å². The van der Waals surface area contributed by atoms with Crippen molar-refractivity contribution in [2.45, 2.75) is 0 Å². The average molecular weight is 86.1 g/mol. The summed E-state index contributed by atoms with van der Waals surface area (Å²) in [7, 11) is 0. The van der Waals surface area contributed by atoms with Gasteiger partial charge in [0.1, 0.15) is 5.75 Å². The highest BCUT2D eigenvalue weighted by Crippen LogP contribution is 1.99. The molecule has 1 aliphatic heterocycles. The summed E-state index contributed by atoms with van der Waals surface area (Å²) in [5.74, 6) is 2.74. The van der Waals surface area contributed by atoms with Crippen LogP contribution in [0.1, 0.15) is 0 Å². The van der Waals surface area contributed by atoms with Crippen molar-refractivity contribution in [2.75, 3.05) is 0 Å². The first kappa shape index (κ1) is 3.03. The Balaban J connectivity index is 2.32. The van der Waals surface area contributed by atoms with Crippen LogP contribution in [0.4, 0.5) is 0 Å². The highest BCUT2D eigenvalue weighted by atomic mass is 32.2. The van der Waals surface area contributed by atoms with Crippen LogP contribution in [0.5, 0.6) is 0 Å². The van der Waals surface area contributed by atoms with E-state index in [-0.39, 0.29) is 0 Å². The number of rotatable bonds is 0. The molecule has 0 aromatic rings. The van der Waals surface area contributed by atoms with E-state index in [0.717, 1.165) is 0 Å². The fourth-order valence-corrected chi connectivity index (χ4v) is 0.395. The molecular weight excluding hydrogens is 84.1 g/mol. The Morgan fingerprint density at radius 3 is 3.20 bits per heavy atom. The zero-order valence-corrected chi connectivity index (χ0v) is 3.25. The van der Waals surface area contributed by atoms with E-state index in [1.165, 1.54) is 11.9 Å². The van der Waals surface area contributed by atoms with Gasteiger partial charge in [0.05, 0.1) is 0 Å². The molecular formula is C2H2N2S. The second-order valence-corrected chi connectivity index (χ2v) is 1.19. The van der Waals surface area contributed by atoms with Gasteiger partial charge in [0, 0.05) is 6.21 Å². The van der Waals surface area contributed by atoms with Crippen LogP contribution in [0, 0.1) is 5.75 Å². The van der Waals surface area contributed by atoms with Gasteiger partial charge in [-0.2, -0.15) is 5.10 Å². The van der Waals surface area contributed by atoms with Crippen molar-refractivity contribution < 1.29 is 0 Å². The molecule has 1 rings (SSSR count). The molecule has 0 saturated carbocycles. The molecule has 0 unspecified atom stereocenters. The van der Waals surface area contributed by atoms with Crippen molar-refractivity contribution in [3.05, 3.63) is 5.75 Å². The molecule has 0 saturated heterocycles. The minimum atomic E-state index is 1.35. The fourth-order valence-electron chi connectivity index (χ4n) is 0.132. The third kappa shape index (κ3) is 0.545. The normalized spacial score (nSPS) is 19.2. The highest BCUT2D eigenvalue weighted by molar-refractivity contribution is 8.00. The van der Waals surface area contributed by atoms with Gasteiger partial charge in [0.25, 0.3) is 0 Å². The van der Waals surface area contributed by atoms with Gasteiger partial charge in [-0.3, -0.25) is 4.83 Å². The van der Waals surface area contributed by atoms with E-state index in [2.05, 4.69) is 15.7 Å². The van der Waals surface area contributed by atoms with Gasteiger partial charge >= 0.3 is 0 Å². The summed E-state index contributed by atoms with van der Waals surface area (Å²) >= 11 is 1.35. The van der Waals surface area contributed by atoms with Crippen LogP contribution in [0.25, 0.3) is 0 Å². The van der Waals surface area contributed by atoms with Crippen LogP contribution in [0.15, 0.2) is 5.10 Å². The molecule has 0 spiro atoms. The van der Waals surface area contributed by atoms with Crippen molar-refractivity contribution in [3.63, 3.8) is 0 Å². The molecule has 0 aliphatic carbocycles. The van der Waals surface area contributed by atoms with E-state index in [0.29, 0.717) is 0 Å². The molecule has 26 valence electrons. The molecule has 3 heteroatoms. The maximum atomic E-state index is 3.56. The molecule has 5 heavy (non-hydrogen) atoms. The van der Waals surface area contributed by atoms with E-state index in [1.54, 1.807) is 6.21 Å². The minimum Gasteiger partial charge on any atom is -0.251 e. The van der Waals surface area contributed by atoms with Crippen LogP contribution in [-0.2, 0) is 0 Å². The summed E-state index contributed by atoms with van der Waals surface area (Å²) in [6, 6.07) is 0. The van der Waals surface area contributed by atoms with Crippen molar-refractivity contribution in [2.24, 2.45) is 5.10 Å². The number of nitrogens with zero attached hydrogens (tertiary/aromatic N) is 1. The number of hydrazone groups is 1. The molecule has 0 atom stereocenters. The minimum absolute atomic E-state index is 1.35. The molecule has 0 fully saturated rings. The Bertz CT molecular complexity index is 45.6. The lowest BCUT2D eigenvalue weighted by Crippen LogP contribution is -1.77. The molecule has 1 N–H and O–H groups in total. The van der Waals surface area contributed by atoms with E-state index >= 15 is 0 Å². The monoisotopic (exact) mass is 86.0 g/mol. The fraction of sp³-hybridized carbons (Fsp3) is 0. The molecule has 0 amide bonds. The van der Waals surface area contributed by atoms with Gasteiger partial charge < -0.3 is 0 Å². The van der Waals surface area contributed by atoms with Gasteiger partial charge in [-0.25, -0.2) is 0 Å². The quantitative estimate of drug-likeness (QED) is 0.428. The van der Waals surface area contributed by atoms with E-state index in [9.17, 15) is 0 Å². The number of hydrogen-bond acceptors (Lipinski definition) is 3. The molecule has 2 nitrogen and oxygen atoms in total. The van der Waals surface area contributed by atoms with Crippen LogP contribution in [-0.4, -0.2) is 6.21 Å². The summed E-state index contributed by atoms with van der Waals surface area (Å²) in [5.41, 5.74) is 0. The van der Waals surface area contributed by atoms with Gasteiger partial charge in [-0.1, -0.05) is 0 Å². The van der Waals surface area contributed by atoms with Crippen LogP contribution in [0.3, 0.4) is 0 Å². The number of hydrogen-bond donors (Lipinski definition) is 1. The summed E-state index contributed by atoms with van der Waals surface area (Å²) < 4.78 is 0. The van der Waals surface area contributed by atoms with E-state index in [4.69, 9.17) is 0 Å². The molecule has 0 bridgehead atoms. The van der Waals surface area contributed by atoms with Crippen molar-refractivity contribution in [3.8, 4) is 0 Å². The second kappa shape index (κ2) is 1.31. The lowest BCUT2D eigenvalue weighted by molar-refractivity contribution is 1.15. The first-order valence-electron chi connectivity index (χ1n) is 1.18. The third-order valence-corrected chi connectivity index (χ3v) is 0.694. The zero-order chi connectivity index (χ0) is 3.54. The lowest BCUT2D eigenvalue weighted by Gasteiger charge is -1.74. The average Bonchev–Trinajstić information content (AvgIpc) is 1.76. The Hall–Kier alpha value is -0.180. The summed E-state index contributed by atoms with van der Waals surface area (Å²) in [4.78, 5) is 2.60. The van der Waals surface area contributed by atoms with Gasteiger partial charge in [0.2, 0.25) is 0 Å². The van der Waals surface area contributed by atoms with E-state index < -0.39 is 0 Å². The van der Waals surface area contributed by atoms with Crippen molar-refractivity contribution >= 4 is 18.2 Å². The zero-order valence-electron chi connectivity index (χ0n) is 2.43. The highest BCUT2D eigenvalue weighted by Gasteiger charge is 1.86. The van der Waals surface area contributed by atoms with Crippen molar-refractivity contribution in [1.29, 1.82) is 0 Å². The Morgan fingerprint density at radius 1 is 2.00 bits per heavy atom. The van der Waals surface area contributed by atoms with Gasteiger partial charge in [0.15, 0.2) is 0 Å². The first-order chi connectivity index (χ1) is 2.50. The Kier molecular flexibility index (Phi) is 0.792. The van der Waals surface area contributed by atoms with Gasteiger partial charge in [-0.05, 0) is 11.9 Å². The van der Waals surface area contributed by atoms with Crippen LogP contribution in [0.2, 0.25) is 0 Å². The number of nitrogens with one attached hydrogen (secondary N) is 1. The predicted molar refractivity (Wildman–Crippen MR) is 22.5 cm³/mol. The largest absolute Gasteiger partial charge is 0.251 e. The Morgan fingerprint density at radius 2 is 3.00 bits per heavy atom. The predicted octanol–water partition coefficient (Wildman–Crippen LogP) is 0.262. The van der Waals surface area contributed by atoms with Crippen LogP contribution < -0.4 is 4.83 Å².